The van der Waals surface area contributed by atoms with Gasteiger partial charge in [0.2, 0.25) is 0 Å². The lowest BCUT2D eigenvalue weighted by Gasteiger charge is -2.28. The maximum Gasteiger partial charge on any atom is 0.283 e. The Balaban J connectivity index is 2.10. The van der Waals surface area contributed by atoms with Gasteiger partial charge in [0.25, 0.3) is 5.92 Å². The van der Waals surface area contributed by atoms with E-state index in [1.54, 1.807) is 0 Å². The van der Waals surface area contributed by atoms with Crippen LogP contribution in [0.4, 0.5) is 8.78 Å². The fraction of sp³-hybridized carbons (Fsp3) is 1.00. The quantitative estimate of drug-likeness (QED) is 0.659. The highest BCUT2D eigenvalue weighted by molar-refractivity contribution is 4.71. The van der Waals surface area contributed by atoms with Crippen LogP contribution in [0.25, 0.3) is 0 Å². The minimum Gasteiger partial charge on any atom is -0.376 e. The van der Waals surface area contributed by atoms with Crippen LogP contribution in [0, 0.1) is 0 Å². The van der Waals surface area contributed by atoms with Gasteiger partial charge in [0, 0.05) is 0 Å². The molecule has 1 fully saturated rings. The topological polar surface area (TPSA) is 30.5 Å². The second-order valence-corrected chi connectivity index (χ2v) is 2.86. The molecule has 0 radical (unpaired) electrons. The summed E-state index contributed by atoms with van der Waals surface area (Å²) in [7, 11) is 1.49. The van der Waals surface area contributed by atoms with E-state index < -0.39 is 12.5 Å². The predicted molar refractivity (Wildman–Crippen MR) is 39.4 cm³/mol. The molecule has 1 heterocycles. The Kier molecular flexibility index (Phi) is 3.37. The van der Waals surface area contributed by atoms with E-state index >= 15 is 0 Å². The first-order chi connectivity index (χ1) is 5.64. The summed E-state index contributed by atoms with van der Waals surface area (Å²) in [6.45, 7) is 0.00765. The van der Waals surface area contributed by atoms with Crippen molar-refractivity contribution in [2.45, 2.75) is 12.0 Å². The number of nitrogens with one attached hydrogen (secondary N) is 1. The fourth-order valence-electron chi connectivity index (χ4n) is 0.860. The number of halogens is 2. The van der Waals surface area contributed by atoms with Crippen LogP contribution in [0.3, 0.4) is 0 Å². The summed E-state index contributed by atoms with van der Waals surface area (Å²) in [4.78, 5) is 0. The summed E-state index contributed by atoms with van der Waals surface area (Å²) >= 11 is 0. The molecule has 1 N–H and O–H groups in total. The second kappa shape index (κ2) is 4.11. The van der Waals surface area contributed by atoms with Crippen molar-refractivity contribution in [1.82, 2.24) is 5.32 Å². The Morgan fingerprint density at radius 3 is 2.67 bits per heavy atom. The molecule has 0 amide bonds. The van der Waals surface area contributed by atoms with Crippen LogP contribution in [-0.2, 0) is 9.47 Å². The third-order valence-electron chi connectivity index (χ3n) is 1.57. The van der Waals surface area contributed by atoms with E-state index in [4.69, 9.17) is 9.47 Å². The van der Waals surface area contributed by atoms with Crippen molar-refractivity contribution < 1.29 is 18.3 Å². The Morgan fingerprint density at radius 2 is 2.25 bits per heavy atom. The van der Waals surface area contributed by atoms with Crippen LogP contribution in [0.5, 0.6) is 0 Å². The van der Waals surface area contributed by atoms with Crippen LogP contribution < -0.4 is 5.32 Å². The third kappa shape index (κ3) is 3.00. The molecule has 0 spiro atoms. The Labute approximate surface area is 70.0 Å². The molecule has 0 unspecified atom stereocenters. The molecule has 0 aromatic heterocycles. The lowest BCUT2D eigenvalue weighted by Crippen LogP contribution is -2.42. The first-order valence-corrected chi connectivity index (χ1v) is 3.86. The summed E-state index contributed by atoms with van der Waals surface area (Å²) < 4.78 is 35.1. The summed E-state index contributed by atoms with van der Waals surface area (Å²) in [5.41, 5.74) is 0. The number of ether oxygens (including phenoxy) is 2. The van der Waals surface area contributed by atoms with Gasteiger partial charge in [0.1, 0.15) is 12.7 Å². The van der Waals surface area contributed by atoms with E-state index in [1.807, 2.05) is 0 Å². The molecule has 3 nitrogen and oxygen atoms in total. The molecule has 5 heteroatoms. The molecule has 0 saturated carbocycles. The Morgan fingerprint density at radius 1 is 1.58 bits per heavy atom. The molecule has 1 saturated heterocycles. The second-order valence-electron chi connectivity index (χ2n) is 2.86. The number of hydrogen-bond acceptors (Lipinski definition) is 3. The normalized spacial score (nSPS) is 19.2. The third-order valence-corrected chi connectivity index (χ3v) is 1.57. The molecule has 0 aromatic carbocycles. The average molecular weight is 181 g/mol. The van der Waals surface area contributed by atoms with Gasteiger partial charge >= 0.3 is 0 Å². The van der Waals surface area contributed by atoms with Crippen molar-refractivity contribution in [3.63, 3.8) is 0 Å². The van der Waals surface area contributed by atoms with Gasteiger partial charge in [-0.2, -0.15) is 0 Å². The molecule has 72 valence electrons. The molecule has 0 aromatic rings. The summed E-state index contributed by atoms with van der Waals surface area (Å²) in [6, 6.07) is 0. The minimum atomic E-state index is -2.77. The monoisotopic (exact) mass is 181 g/mol. The van der Waals surface area contributed by atoms with Crippen LogP contribution in [-0.4, -0.2) is 45.4 Å². The number of hydrogen-bond donors (Lipinski definition) is 1. The van der Waals surface area contributed by atoms with Crippen LogP contribution in [0.1, 0.15) is 0 Å². The minimum absolute atomic E-state index is 0.132. The van der Waals surface area contributed by atoms with Gasteiger partial charge in [-0.1, -0.05) is 0 Å². The van der Waals surface area contributed by atoms with Gasteiger partial charge in [-0.15, -0.1) is 0 Å². The average Bonchev–Trinajstić information content (AvgIpc) is 1.82. The maximum atomic E-state index is 12.7. The van der Waals surface area contributed by atoms with E-state index in [-0.39, 0.29) is 12.6 Å². The van der Waals surface area contributed by atoms with Crippen molar-refractivity contribution in [3.8, 4) is 0 Å². The standard InChI is InChI=1S/C7H13F2NO2/c1-10-4-7(8,9)5-12-6-2-11-3-6/h6,10H,2-5H2,1H3. The van der Waals surface area contributed by atoms with Gasteiger partial charge in [0.15, 0.2) is 0 Å². The van der Waals surface area contributed by atoms with Gasteiger partial charge in [-0.3, -0.25) is 0 Å². The van der Waals surface area contributed by atoms with Gasteiger partial charge in [-0.25, -0.2) is 8.78 Å². The van der Waals surface area contributed by atoms with Gasteiger partial charge in [0.05, 0.1) is 19.8 Å². The lowest BCUT2D eigenvalue weighted by molar-refractivity contribution is -0.170. The summed E-state index contributed by atoms with van der Waals surface area (Å²) in [5.74, 6) is -2.77. The summed E-state index contributed by atoms with van der Waals surface area (Å²) in [5, 5.41) is 2.41. The van der Waals surface area contributed by atoms with Gasteiger partial charge in [-0.05, 0) is 7.05 Å². The highest BCUT2D eigenvalue weighted by atomic mass is 19.3. The van der Waals surface area contributed by atoms with Crippen molar-refractivity contribution in [2.24, 2.45) is 0 Å². The Hall–Kier alpha value is -0.260. The number of alkyl halides is 2. The highest BCUT2D eigenvalue weighted by Crippen LogP contribution is 2.15. The van der Waals surface area contributed by atoms with E-state index in [0.29, 0.717) is 13.2 Å². The fourth-order valence-corrected chi connectivity index (χ4v) is 0.860. The lowest BCUT2D eigenvalue weighted by atomic mass is 10.3. The smallest absolute Gasteiger partial charge is 0.283 e. The number of rotatable bonds is 5. The van der Waals surface area contributed by atoms with Crippen molar-refractivity contribution in [1.29, 1.82) is 0 Å². The molecule has 0 atom stereocenters. The van der Waals surface area contributed by atoms with E-state index in [2.05, 4.69) is 5.32 Å². The maximum absolute atomic E-state index is 12.7. The first-order valence-electron chi connectivity index (χ1n) is 3.86. The Bertz CT molecular complexity index is 139. The van der Waals surface area contributed by atoms with Gasteiger partial charge < -0.3 is 14.8 Å². The van der Waals surface area contributed by atoms with Crippen LogP contribution >= 0.6 is 0 Å². The molecule has 0 aliphatic carbocycles. The zero-order chi connectivity index (χ0) is 9.03. The zero-order valence-electron chi connectivity index (χ0n) is 6.98. The SMILES string of the molecule is CNCC(F)(F)COC1COC1. The first kappa shape index (κ1) is 9.83. The predicted octanol–water partition coefficient (Wildman–Crippen LogP) is 0.256. The summed E-state index contributed by atoms with van der Waals surface area (Å²) in [6.07, 6.45) is -0.132. The van der Waals surface area contributed by atoms with Crippen molar-refractivity contribution >= 4 is 0 Å². The van der Waals surface area contributed by atoms with Crippen molar-refractivity contribution in [3.05, 3.63) is 0 Å². The largest absolute Gasteiger partial charge is 0.376 e. The van der Waals surface area contributed by atoms with E-state index in [9.17, 15) is 8.78 Å². The zero-order valence-corrected chi connectivity index (χ0v) is 6.98. The molecule has 1 rings (SSSR count). The molecule has 1 aliphatic heterocycles. The van der Waals surface area contributed by atoms with E-state index in [0.717, 1.165) is 0 Å². The van der Waals surface area contributed by atoms with Crippen molar-refractivity contribution in [2.75, 3.05) is 33.4 Å². The molecular weight excluding hydrogens is 168 g/mol. The van der Waals surface area contributed by atoms with E-state index in [1.165, 1.54) is 7.05 Å². The van der Waals surface area contributed by atoms with Crippen LogP contribution in [0.2, 0.25) is 0 Å². The molecular formula is C7H13F2NO2. The highest BCUT2D eigenvalue weighted by Gasteiger charge is 2.31. The molecule has 12 heavy (non-hydrogen) atoms. The molecule has 0 bridgehead atoms. The molecule has 1 aliphatic rings. The van der Waals surface area contributed by atoms with Crippen LogP contribution in [0.15, 0.2) is 0 Å².